The van der Waals surface area contributed by atoms with Crippen LogP contribution < -0.4 is 14.2 Å². The van der Waals surface area contributed by atoms with Crippen LogP contribution in [-0.2, 0) is 6.42 Å². The van der Waals surface area contributed by atoms with E-state index in [-0.39, 0.29) is 11.3 Å². The summed E-state index contributed by atoms with van der Waals surface area (Å²) in [6, 6.07) is 3.69. The highest BCUT2D eigenvalue weighted by Crippen LogP contribution is 2.46. The molecule has 2 aromatic rings. The lowest BCUT2D eigenvalue weighted by atomic mass is 10.1. The molecule has 0 spiro atoms. The van der Waals surface area contributed by atoms with E-state index in [2.05, 4.69) is 16.5 Å². The summed E-state index contributed by atoms with van der Waals surface area (Å²) in [4.78, 5) is 15.7. The molecule has 3 rings (SSSR count). The maximum absolute atomic E-state index is 13.2. The Morgan fingerprint density at radius 3 is 2.56 bits per heavy atom. The summed E-state index contributed by atoms with van der Waals surface area (Å²) >= 11 is 2.87. The average molecular weight is 410 g/mol. The van der Waals surface area contributed by atoms with Crippen LogP contribution in [0.2, 0.25) is 0 Å². The van der Waals surface area contributed by atoms with Crippen LogP contribution in [0.3, 0.4) is 0 Å². The maximum Gasteiger partial charge on any atom is 0.268 e. The van der Waals surface area contributed by atoms with Gasteiger partial charge in [0.25, 0.3) is 5.91 Å². The molecule has 2 heterocycles. The summed E-state index contributed by atoms with van der Waals surface area (Å²) in [6.45, 7) is 2.73. The largest absolute Gasteiger partial charge is 0.496 e. The van der Waals surface area contributed by atoms with Gasteiger partial charge in [0.2, 0.25) is 0 Å². The minimum absolute atomic E-state index is 0.0275. The molecule has 0 saturated carbocycles. The Morgan fingerprint density at radius 2 is 1.89 bits per heavy atom. The first-order valence-corrected chi connectivity index (χ1v) is 10.5. The van der Waals surface area contributed by atoms with Gasteiger partial charge < -0.3 is 19.1 Å². The highest BCUT2D eigenvalue weighted by molar-refractivity contribution is 7.99. The van der Waals surface area contributed by atoms with Crippen LogP contribution in [0.4, 0.5) is 0 Å². The van der Waals surface area contributed by atoms with Crippen molar-refractivity contribution in [2.24, 2.45) is 0 Å². The molecule has 1 atom stereocenters. The first-order chi connectivity index (χ1) is 13.1. The number of aromatic nitrogens is 2. The molecule has 146 valence electrons. The number of aryl methyl sites for hydroxylation is 1. The van der Waals surface area contributed by atoms with Gasteiger partial charge in [-0.2, -0.15) is 0 Å². The van der Waals surface area contributed by atoms with Gasteiger partial charge in [-0.25, -0.2) is 0 Å². The van der Waals surface area contributed by atoms with E-state index in [1.807, 2.05) is 11.0 Å². The smallest absolute Gasteiger partial charge is 0.268 e. The van der Waals surface area contributed by atoms with E-state index in [4.69, 9.17) is 14.2 Å². The van der Waals surface area contributed by atoms with Gasteiger partial charge in [-0.15, -0.1) is 16.9 Å². The molecule has 7 nitrogen and oxygen atoms in total. The molecule has 0 bridgehead atoms. The van der Waals surface area contributed by atoms with Crippen molar-refractivity contribution >= 4 is 29.2 Å². The van der Waals surface area contributed by atoms with E-state index in [0.717, 1.165) is 29.9 Å². The molecule has 0 radical (unpaired) electrons. The van der Waals surface area contributed by atoms with Crippen molar-refractivity contribution in [2.45, 2.75) is 25.1 Å². The summed E-state index contributed by atoms with van der Waals surface area (Å²) < 4.78 is 20.4. The zero-order valence-electron chi connectivity index (χ0n) is 15.9. The van der Waals surface area contributed by atoms with E-state index in [0.29, 0.717) is 28.7 Å². The number of hydrogen-bond donors (Lipinski definition) is 0. The van der Waals surface area contributed by atoms with Crippen LogP contribution in [-0.4, -0.2) is 54.0 Å². The third-order valence-electron chi connectivity index (χ3n) is 4.39. The summed E-state index contributed by atoms with van der Waals surface area (Å²) in [5.74, 6) is 2.69. The van der Waals surface area contributed by atoms with Crippen molar-refractivity contribution in [3.8, 4) is 17.2 Å². The monoisotopic (exact) mass is 409 g/mol. The van der Waals surface area contributed by atoms with Gasteiger partial charge in [0, 0.05) is 23.9 Å². The molecular formula is C18H23N3O4S2. The Morgan fingerprint density at radius 1 is 1.19 bits per heavy atom. The van der Waals surface area contributed by atoms with Crippen LogP contribution >= 0.6 is 23.3 Å². The highest BCUT2D eigenvalue weighted by Gasteiger charge is 2.35. The molecule has 1 amide bonds. The lowest BCUT2D eigenvalue weighted by Crippen LogP contribution is -2.30. The van der Waals surface area contributed by atoms with Gasteiger partial charge in [0.15, 0.2) is 11.5 Å². The second-order valence-electron chi connectivity index (χ2n) is 5.97. The van der Waals surface area contributed by atoms with Gasteiger partial charge in [-0.3, -0.25) is 4.79 Å². The zero-order valence-corrected chi connectivity index (χ0v) is 17.5. The summed E-state index contributed by atoms with van der Waals surface area (Å²) in [5, 5.41) is 3.97. The fraction of sp³-hybridized carbons (Fsp3) is 0.500. The third-order valence-corrected chi connectivity index (χ3v) is 6.39. The fourth-order valence-electron chi connectivity index (χ4n) is 3.08. The number of amides is 1. The van der Waals surface area contributed by atoms with E-state index in [1.165, 1.54) is 11.5 Å². The number of benzene rings is 1. The number of rotatable bonds is 7. The second-order valence-corrected chi connectivity index (χ2v) is 7.91. The number of carbonyl (C=O) groups is 1. The van der Waals surface area contributed by atoms with Crippen molar-refractivity contribution in [3.05, 3.63) is 28.3 Å². The average Bonchev–Trinajstić information content (AvgIpc) is 3.36. The quantitative estimate of drug-likeness (QED) is 0.694. The fourth-order valence-corrected chi connectivity index (χ4v) is 5.02. The molecule has 0 aliphatic carbocycles. The van der Waals surface area contributed by atoms with Crippen LogP contribution in [0.5, 0.6) is 17.2 Å². The van der Waals surface area contributed by atoms with Crippen LogP contribution in [0, 0.1) is 0 Å². The number of methoxy groups -OCH3 is 3. The summed E-state index contributed by atoms with van der Waals surface area (Å²) in [5.41, 5.74) is 1.67. The highest BCUT2D eigenvalue weighted by atomic mass is 32.2. The van der Waals surface area contributed by atoms with E-state index in [9.17, 15) is 4.79 Å². The van der Waals surface area contributed by atoms with Crippen molar-refractivity contribution in [1.29, 1.82) is 0 Å². The van der Waals surface area contributed by atoms with E-state index in [1.54, 1.807) is 39.2 Å². The topological polar surface area (TPSA) is 73.8 Å². The Kier molecular flexibility index (Phi) is 6.43. The third kappa shape index (κ3) is 3.84. The summed E-state index contributed by atoms with van der Waals surface area (Å²) in [7, 11) is 4.80. The molecule has 1 aromatic heterocycles. The standard InChI is InChI=1S/C18H23N3O4S2/c1-5-6-12-16(27-20-19-12)17(22)21-7-8-26-18(21)11-9-14(24-3)15(25-4)10-13(11)23-2/h9-10,18H,5-8H2,1-4H3. The lowest BCUT2D eigenvalue weighted by Gasteiger charge is -2.26. The van der Waals surface area contributed by atoms with Crippen molar-refractivity contribution in [3.63, 3.8) is 0 Å². The molecule has 1 unspecified atom stereocenters. The number of ether oxygens (including phenoxy) is 3. The first-order valence-electron chi connectivity index (χ1n) is 8.68. The zero-order chi connectivity index (χ0) is 19.4. The molecule has 1 aliphatic heterocycles. The van der Waals surface area contributed by atoms with E-state index >= 15 is 0 Å². The Labute approximate surface area is 167 Å². The van der Waals surface area contributed by atoms with Gasteiger partial charge >= 0.3 is 0 Å². The maximum atomic E-state index is 13.2. The lowest BCUT2D eigenvalue weighted by molar-refractivity contribution is 0.0762. The van der Waals surface area contributed by atoms with E-state index < -0.39 is 0 Å². The number of hydrogen-bond acceptors (Lipinski definition) is 8. The number of thioether (sulfide) groups is 1. The molecule has 1 aromatic carbocycles. The molecule has 1 saturated heterocycles. The van der Waals surface area contributed by atoms with Gasteiger partial charge in [-0.1, -0.05) is 17.8 Å². The van der Waals surface area contributed by atoms with Crippen molar-refractivity contribution in [1.82, 2.24) is 14.5 Å². The number of nitrogens with zero attached hydrogens (tertiary/aromatic N) is 3. The van der Waals surface area contributed by atoms with Crippen LogP contribution in [0.15, 0.2) is 12.1 Å². The first kappa shape index (κ1) is 19.8. The van der Waals surface area contributed by atoms with Crippen molar-refractivity contribution in [2.75, 3.05) is 33.6 Å². The number of carbonyl (C=O) groups excluding carboxylic acids is 1. The van der Waals surface area contributed by atoms with Gasteiger partial charge in [0.1, 0.15) is 16.0 Å². The van der Waals surface area contributed by atoms with Crippen LogP contribution in [0.25, 0.3) is 0 Å². The predicted octanol–water partition coefficient (Wildman–Crippen LogP) is 3.40. The summed E-state index contributed by atoms with van der Waals surface area (Å²) in [6.07, 6.45) is 1.68. The normalized spacial score (nSPS) is 16.4. The van der Waals surface area contributed by atoms with Gasteiger partial charge in [-0.05, 0) is 24.0 Å². The Balaban J connectivity index is 1.96. The van der Waals surface area contributed by atoms with Gasteiger partial charge in [0.05, 0.1) is 27.0 Å². The molecule has 1 aliphatic rings. The Bertz CT molecular complexity index is 812. The molecule has 0 N–H and O–H groups in total. The molecule has 27 heavy (non-hydrogen) atoms. The SMILES string of the molecule is CCCc1nnsc1C(=O)N1CCSC1c1cc(OC)c(OC)cc1OC. The minimum atomic E-state index is -0.163. The molecular weight excluding hydrogens is 386 g/mol. The molecule has 1 fully saturated rings. The second kappa shape index (κ2) is 8.79. The Hall–Kier alpha value is -2.00. The minimum Gasteiger partial charge on any atom is -0.496 e. The molecule has 9 heteroatoms. The van der Waals surface area contributed by atoms with Crippen LogP contribution in [0.1, 0.15) is 39.6 Å². The van der Waals surface area contributed by atoms with Crippen molar-refractivity contribution < 1.29 is 19.0 Å². The predicted molar refractivity (Wildman–Crippen MR) is 106 cm³/mol.